The van der Waals surface area contributed by atoms with Gasteiger partial charge in [0.2, 0.25) is 5.89 Å². The maximum absolute atomic E-state index is 10.7. The van der Waals surface area contributed by atoms with Gasteiger partial charge in [0.1, 0.15) is 6.26 Å². The molecule has 0 radical (unpaired) electrons. The van der Waals surface area contributed by atoms with Crippen molar-refractivity contribution >= 4 is 5.97 Å². The number of nitrogens with one attached hydrogen (secondary N) is 1. The summed E-state index contributed by atoms with van der Waals surface area (Å²) < 4.78 is 5.09. The summed E-state index contributed by atoms with van der Waals surface area (Å²) in [5.74, 6) is -0.783. The zero-order valence-electron chi connectivity index (χ0n) is 10.3. The van der Waals surface area contributed by atoms with E-state index in [0.717, 1.165) is 23.1 Å². The number of aromatic nitrogens is 4. The molecule has 0 bridgehead atoms. The van der Waals surface area contributed by atoms with Gasteiger partial charge in [0.15, 0.2) is 5.69 Å². The number of nitrogens with zero attached hydrogens (tertiary/aromatic N) is 3. The second kappa shape index (κ2) is 4.96. The van der Waals surface area contributed by atoms with Gasteiger partial charge in [0.05, 0.1) is 12.6 Å². The Hall–Kier alpha value is -2.96. The Bertz CT molecular complexity index is 716. The molecule has 0 unspecified atom stereocenters. The number of carboxylic acid groups (broad SMARTS) is 1. The SMILES string of the molecule is O=C(O)c1coc(Cc2ccc(-c3cn[nH]c3)cn2)n1. The number of oxazole rings is 1. The van der Waals surface area contributed by atoms with Gasteiger partial charge in [-0.2, -0.15) is 5.10 Å². The lowest BCUT2D eigenvalue weighted by Gasteiger charge is -1.99. The molecule has 3 heterocycles. The van der Waals surface area contributed by atoms with Crippen LogP contribution in [0.1, 0.15) is 22.1 Å². The molecule has 3 aromatic heterocycles. The van der Waals surface area contributed by atoms with Crippen LogP contribution in [0.15, 0.2) is 41.4 Å². The first-order chi connectivity index (χ1) is 9.72. The highest BCUT2D eigenvalue weighted by atomic mass is 16.4. The monoisotopic (exact) mass is 270 g/mol. The van der Waals surface area contributed by atoms with Crippen LogP contribution in [-0.4, -0.2) is 31.2 Å². The van der Waals surface area contributed by atoms with Crippen molar-refractivity contribution in [2.75, 3.05) is 0 Å². The highest BCUT2D eigenvalue weighted by molar-refractivity contribution is 5.84. The molecule has 0 aliphatic heterocycles. The molecule has 0 fully saturated rings. The predicted octanol–water partition coefficient (Wildman–Crippen LogP) is 1.75. The number of carboxylic acids is 1. The molecular formula is C13H10N4O3. The molecule has 100 valence electrons. The van der Waals surface area contributed by atoms with E-state index in [1.165, 1.54) is 0 Å². The molecule has 20 heavy (non-hydrogen) atoms. The highest BCUT2D eigenvalue weighted by Crippen LogP contribution is 2.17. The lowest BCUT2D eigenvalue weighted by atomic mass is 10.1. The topological polar surface area (TPSA) is 105 Å². The first-order valence-electron chi connectivity index (χ1n) is 5.84. The standard InChI is InChI=1S/C13H10N4O3/c18-13(19)11-7-20-12(17-11)3-10-2-1-8(4-14-10)9-5-15-16-6-9/h1-2,4-7H,3H2,(H,15,16)(H,18,19). The maximum Gasteiger partial charge on any atom is 0.357 e. The lowest BCUT2D eigenvalue weighted by molar-refractivity contribution is 0.0690. The van der Waals surface area contributed by atoms with Crippen LogP contribution >= 0.6 is 0 Å². The molecule has 0 spiro atoms. The smallest absolute Gasteiger partial charge is 0.357 e. The number of hydrogen-bond acceptors (Lipinski definition) is 5. The van der Waals surface area contributed by atoms with E-state index < -0.39 is 5.97 Å². The van der Waals surface area contributed by atoms with Gasteiger partial charge in [-0.1, -0.05) is 6.07 Å². The van der Waals surface area contributed by atoms with E-state index in [-0.39, 0.29) is 5.69 Å². The molecule has 3 rings (SSSR count). The summed E-state index contributed by atoms with van der Waals surface area (Å²) in [6.45, 7) is 0. The Balaban J connectivity index is 1.76. The number of aromatic amines is 1. The molecule has 0 saturated carbocycles. The van der Waals surface area contributed by atoms with Crippen LogP contribution in [0.2, 0.25) is 0 Å². The van der Waals surface area contributed by atoms with Gasteiger partial charge in [-0.25, -0.2) is 9.78 Å². The minimum absolute atomic E-state index is 0.102. The average Bonchev–Trinajstić information content (AvgIpc) is 3.10. The first kappa shape index (κ1) is 12.1. The van der Waals surface area contributed by atoms with Crippen molar-refractivity contribution in [3.05, 3.63) is 54.3 Å². The average molecular weight is 270 g/mol. The molecule has 0 amide bonds. The van der Waals surface area contributed by atoms with E-state index in [2.05, 4.69) is 20.2 Å². The Morgan fingerprint density at radius 1 is 1.30 bits per heavy atom. The molecule has 7 nitrogen and oxygen atoms in total. The summed E-state index contributed by atoms with van der Waals surface area (Å²) in [6, 6.07) is 3.75. The Kier molecular flexibility index (Phi) is 3.00. The van der Waals surface area contributed by atoms with Gasteiger partial charge in [0.25, 0.3) is 0 Å². The third-order valence-corrected chi connectivity index (χ3v) is 2.76. The van der Waals surface area contributed by atoms with E-state index in [4.69, 9.17) is 9.52 Å². The summed E-state index contributed by atoms with van der Waals surface area (Å²) >= 11 is 0. The minimum Gasteiger partial charge on any atom is -0.476 e. The van der Waals surface area contributed by atoms with Gasteiger partial charge in [0, 0.05) is 29.2 Å². The molecule has 0 aliphatic rings. The van der Waals surface area contributed by atoms with Gasteiger partial charge in [-0.05, 0) is 6.07 Å². The van der Waals surface area contributed by atoms with Crippen LogP contribution in [0.4, 0.5) is 0 Å². The number of hydrogen-bond donors (Lipinski definition) is 2. The van der Waals surface area contributed by atoms with Crippen molar-refractivity contribution in [2.24, 2.45) is 0 Å². The Morgan fingerprint density at radius 2 is 2.20 bits per heavy atom. The fourth-order valence-corrected chi connectivity index (χ4v) is 1.75. The maximum atomic E-state index is 10.7. The number of rotatable bonds is 4. The van der Waals surface area contributed by atoms with Crippen molar-refractivity contribution in [1.82, 2.24) is 20.2 Å². The van der Waals surface area contributed by atoms with Crippen LogP contribution in [0.25, 0.3) is 11.1 Å². The van der Waals surface area contributed by atoms with E-state index in [1.54, 1.807) is 18.6 Å². The van der Waals surface area contributed by atoms with E-state index >= 15 is 0 Å². The largest absolute Gasteiger partial charge is 0.476 e. The number of pyridine rings is 1. The summed E-state index contributed by atoms with van der Waals surface area (Å²) in [6.07, 6.45) is 6.69. The molecule has 0 saturated heterocycles. The summed E-state index contributed by atoms with van der Waals surface area (Å²) in [7, 11) is 0. The number of carbonyl (C=O) groups is 1. The second-order valence-electron chi connectivity index (χ2n) is 4.13. The van der Waals surface area contributed by atoms with Gasteiger partial charge in [-0.3, -0.25) is 10.1 Å². The predicted molar refractivity (Wildman–Crippen MR) is 68.1 cm³/mol. The fourth-order valence-electron chi connectivity index (χ4n) is 1.75. The number of H-pyrrole nitrogens is 1. The normalized spacial score (nSPS) is 10.6. The van der Waals surface area contributed by atoms with Gasteiger partial charge >= 0.3 is 5.97 Å². The molecular weight excluding hydrogens is 260 g/mol. The first-order valence-corrected chi connectivity index (χ1v) is 5.84. The van der Waals surface area contributed by atoms with Crippen molar-refractivity contribution in [2.45, 2.75) is 6.42 Å². The third-order valence-electron chi connectivity index (χ3n) is 2.76. The summed E-state index contributed by atoms with van der Waals surface area (Å²) in [4.78, 5) is 18.8. The van der Waals surface area contributed by atoms with E-state index in [0.29, 0.717) is 12.3 Å². The zero-order chi connectivity index (χ0) is 13.9. The van der Waals surface area contributed by atoms with Crippen molar-refractivity contribution in [3.63, 3.8) is 0 Å². The molecule has 0 atom stereocenters. The van der Waals surface area contributed by atoms with Crippen LogP contribution in [0, 0.1) is 0 Å². The third kappa shape index (κ3) is 2.41. The second-order valence-corrected chi connectivity index (χ2v) is 4.13. The van der Waals surface area contributed by atoms with Crippen molar-refractivity contribution < 1.29 is 14.3 Å². The van der Waals surface area contributed by atoms with Crippen molar-refractivity contribution in [1.29, 1.82) is 0 Å². The van der Waals surface area contributed by atoms with Crippen LogP contribution in [0.3, 0.4) is 0 Å². The molecule has 0 aromatic carbocycles. The number of aromatic carboxylic acids is 1. The molecule has 2 N–H and O–H groups in total. The van der Waals surface area contributed by atoms with Crippen molar-refractivity contribution in [3.8, 4) is 11.1 Å². The van der Waals surface area contributed by atoms with E-state index in [9.17, 15) is 4.79 Å². The van der Waals surface area contributed by atoms with E-state index in [1.807, 2.05) is 12.1 Å². The summed E-state index contributed by atoms with van der Waals surface area (Å²) in [5, 5.41) is 15.4. The van der Waals surface area contributed by atoms with Crippen LogP contribution in [-0.2, 0) is 6.42 Å². The van der Waals surface area contributed by atoms with Gasteiger partial charge in [-0.15, -0.1) is 0 Å². The molecule has 3 aromatic rings. The lowest BCUT2D eigenvalue weighted by Crippen LogP contribution is -1.97. The summed E-state index contributed by atoms with van der Waals surface area (Å²) in [5.41, 5.74) is 2.54. The minimum atomic E-state index is -1.11. The molecule has 7 heteroatoms. The Labute approximate surface area is 113 Å². The zero-order valence-corrected chi connectivity index (χ0v) is 10.3. The highest BCUT2D eigenvalue weighted by Gasteiger charge is 2.11. The fraction of sp³-hybridized carbons (Fsp3) is 0.0769. The van der Waals surface area contributed by atoms with Crippen LogP contribution in [0.5, 0.6) is 0 Å². The molecule has 0 aliphatic carbocycles. The van der Waals surface area contributed by atoms with Gasteiger partial charge < -0.3 is 9.52 Å². The van der Waals surface area contributed by atoms with Crippen LogP contribution < -0.4 is 0 Å². The Morgan fingerprint density at radius 3 is 2.80 bits per heavy atom. The quantitative estimate of drug-likeness (QED) is 0.748.